The molecule has 0 bridgehead atoms. The van der Waals surface area contributed by atoms with Crippen molar-refractivity contribution in [2.24, 2.45) is 7.05 Å². The maximum absolute atomic E-state index is 4.33. The van der Waals surface area contributed by atoms with Gasteiger partial charge in [-0.1, -0.05) is 0 Å². The number of rotatable bonds is 4. The topological polar surface area (TPSA) is 29.9 Å². The summed E-state index contributed by atoms with van der Waals surface area (Å²) < 4.78 is 2.22. The number of anilines is 1. The first-order valence-electron chi connectivity index (χ1n) is 7.01. The van der Waals surface area contributed by atoms with Gasteiger partial charge in [-0.05, 0) is 49.7 Å². The largest absolute Gasteiger partial charge is 0.381 e. The molecule has 0 aliphatic rings. The summed E-state index contributed by atoms with van der Waals surface area (Å²) in [6.45, 7) is 5.15. The summed E-state index contributed by atoms with van der Waals surface area (Å²) >= 11 is 1.66. The van der Waals surface area contributed by atoms with Gasteiger partial charge >= 0.3 is 0 Å². The van der Waals surface area contributed by atoms with Gasteiger partial charge in [0.1, 0.15) is 5.01 Å². The Balaban J connectivity index is 1.69. The van der Waals surface area contributed by atoms with Crippen LogP contribution in [-0.4, -0.2) is 9.55 Å². The van der Waals surface area contributed by atoms with Crippen molar-refractivity contribution in [2.45, 2.75) is 20.4 Å². The van der Waals surface area contributed by atoms with E-state index in [0.717, 1.165) is 17.2 Å². The second-order valence-corrected chi connectivity index (χ2v) is 6.12. The van der Waals surface area contributed by atoms with E-state index >= 15 is 0 Å². The molecule has 0 saturated carbocycles. The molecule has 21 heavy (non-hydrogen) atoms. The van der Waals surface area contributed by atoms with Crippen molar-refractivity contribution in [3.8, 4) is 10.6 Å². The zero-order chi connectivity index (χ0) is 14.8. The molecule has 2 aromatic heterocycles. The number of aryl methyl sites for hydroxylation is 1. The first-order valence-corrected chi connectivity index (χ1v) is 7.88. The zero-order valence-electron chi connectivity index (χ0n) is 12.6. The van der Waals surface area contributed by atoms with E-state index in [1.54, 1.807) is 11.3 Å². The van der Waals surface area contributed by atoms with E-state index in [9.17, 15) is 0 Å². The standard InChI is InChI=1S/C17H19N3S/c1-12-10-15(13(2)20(12)3)11-19-16-6-4-14(5-7-16)17-18-8-9-21-17/h4-10,19H,11H2,1-3H3. The van der Waals surface area contributed by atoms with Crippen LogP contribution in [0, 0.1) is 13.8 Å². The molecule has 0 aliphatic heterocycles. The van der Waals surface area contributed by atoms with Gasteiger partial charge in [-0.3, -0.25) is 0 Å². The zero-order valence-corrected chi connectivity index (χ0v) is 13.4. The molecular formula is C17H19N3S. The second kappa shape index (κ2) is 5.74. The maximum Gasteiger partial charge on any atom is 0.123 e. The van der Waals surface area contributed by atoms with Crippen molar-refractivity contribution in [3.05, 3.63) is 58.9 Å². The summed E-state index contributed by atoms with van der Waals surface area (Å²) in [6.07, 6.45) is 1.84. The minimum atomic E-state index is 0.851. The molecule has 3 aromatic rings. The third kappa shape index (κ3) is 2.85. The molecule has 0 fully saturated rings. The molecule has 0 spiro atoms. The van der Waals surface area contributed by atoms with Gasteiger partial charge < -0.3 is 9.88 Å². The highest BCUT2D eigenvalue weighted by atomic mass is 32.1. The van der Waals surface area contributed by atoms with Crippen LogP contribution in [0.25, 0.3) is 10.6 Å². The number of hydrogen-bond donors (Lipinski definition) is 1. The Labute approximate surface area is 129 Å². The van der Waals surface area contributed by atoms with Crippen LogP contribution in [0.4, 0.5) is 5.69 Å². The summed E-state index contributed by atoms with van der Waals surface area (Å²) in [6, 6.07) is 10.7. The molecule has 1 aromatic carbocycles. The Bertz CT molecular complexity index is 724. The molecule has 0 saturated heterocycles. The van der Waals surface area contributed by atoms with Gasteiger partial charge in [0.2, 0.25) is 0 Å². The van der Waals surface area contributed by atoms with E-state index in [0.29, 0.717) is 0 Å². The first kappa shape index (κ1) is 13.9. The number of thiazole rings is 1. The fourth-order valence-corrected chi connectivity index (χ4v) is 3.05. The van der Waals surface area contributed by atoms with Crippen LogP contribution in [0.1, 0.15) is 17.0 Å². The fourth-order valence-electron chi connectivity index (χ4n) is 2.41. The van der Waals surface area contributed by atoms with Crippen molar-refractivity contribution < 1.29 is 0 Å². The highest BCUT2D eigenvalue weighted by Crippen LogP contribution is 2.23. The van der Waals surface area contributed by atoms with Crippen LogP contribution in [0.2, 0.25) is 0 Å². The summed E-state index contributed by atoms with van der Waals surface area (Å²) in [5.74, 6) is 0. The summed E-state index contributed by atoms with van der Waals surface area (Å²) in [7, 11) is 2.11. The smallest absolute Gasteiger partial charge is 0.123 e. The van der Waals surface area contributed by atoms with Gasteiger partial charge in [-0.25, -0.2) is 4.98 Å². The van der Waals surface area contributed by atoms with Gasteiger partial charge in [-0.2, -0.15) is 0 Å². The van der Waals surface area contributed by atoms with Crippen molar-refractivity contribution in [1.82, 2.24) is 9.55 Å². The molecule has 0 unspecified atom stereocenters. The number of aromatic nitrogens is 2. The Morgan fingerprint density at radius 1 is 1.19 bits per heavy atom. The Kier molecular flexibility index (Phi) is 3.80. The lowest BCUT2D eigenvalue weighted by atomic mass is 10.2. The van der Waals surface area contributed by atoms with E-state index in [2.05, 4.69) is 66.1 Å². The van der Waals surface area contributed by atoms with E-state index in [1.807, 2.05) is 11.6 Å². The molecule has 4 heteroatoms. The third-order valence-corrected chi connectivity index (χ3v) is 4.75. The van der Waals surface area contributed by atoms with Gasteiger partial charge in [0.15, 0.2) is 0 Å². The van der Waals surface area contributed by atoms with E-state index in [-0.39, 0.29) is 0 Å². The quantitative estimate of drug-likeness (QED) is 0.774. The van der Waals surface area contributed by atoms with Gasteiger partial charge in [0.05, 0.1) is 0 Å². The second-order valence-electron chi connectivity index (χ2n) is 5.22. The molecule has 0 amide bonds. The highest BCUT2D eigenvalue weighted by Gasteiger charge is 2.06. The summed E-state index contributed by atoms with van der Waals surface area (Å²) in [5.41, 5.74) is 6.26. The lowest BCUT2D eigenvalue weighted by Crippen LogP contribution is -2.01. The maximum atomic E-state index is 4.33. The Hall–Kier alpha value is -2.07. The minimum absolute atomic E-state index is 0.851. The highest BCUT2D eigenvalue weighted by molar-refractivity contribution is 7.13. The average Bonchev–Trinajstić information content (AvgIpc) is 3.11. The monoisotopic (exact) mass is 297 g/mol. The van der Waals surface area contributed by atoms with Crippen LogP contribution in [-0.2, 0) is 13.6 Å². The summed E-state index contributed by atoms with van der Waals surface area (Å²) in [4.78, 5) is 4.33. The van der Waals surface area contributed by atoms with Crippen molar-refractivity contribution >= 4 is 17.0 Å². The van der Waals surface area contributed by atoms with Crippen LogP contribution < -0.4 is 5.32 Å². The van der Waals surface area contributed by atoms with Crippen LogP contribution in [0.5, 0.6) is 0 Å². The van der Waals surface area contributed by atoms with Crippen LogP contribution >= 0.6 is 11.3 Å². The van der Waals surface area contributed by atoms with Crippen molar-refractivity contribution in [3.63, 3.8) is 0 Å². The normalized spacial score (nSPS) is 10.8. The van der Waals surface area contributed by atoms with E-state index in [4.69, 9.17) is 0 Å². The van der Waals surface area contributed by atoms with Gasteiger partial charge in [0.25, 0.3) is 0 Å². The Morgan fingerprint density at radius 3 is 2.52 bits per heavy atom. The van der Waals surface area contributed by atoms with Crippen LogP contribution in [0.3, 0.4) is 0 Å². The Morgan fingerprint density at radius 2 is 1.95 bits per heavy atom. The molecule has 2 heterocycles. The van der Waals surface area contributed by atoms with Crippen molar-refractivity contribution in [1.29, 1.82) is 0 Å². The molecule has 3 nitrogen and oxygen atoms in total. The lowest BCUT2D eigenvalue weighted by Gasteiger charge is -2.07. The molecule has 108 valence electrons. The molecule has 3 rings (SSSR count). The SMILES string of the molecule is Cc1cc(CNc2ccc(-c3nccs3)cc2)c(C)n1C. The molecule has 1 N–H and O–H groups in total. The molecule has 0 radical (unpaired) electrons. The van der Waals surface area contributed by atoms with Gasteiger partial charge in [-0.15, -0.1) is 11.3 Å². The number of benzene rings is 1. The number of nitrogens with zero attached hydrogens (tertiary/aromatic N) is 2. The fraction of sp³-hybridized carbons (Fsp3) is 0.235. The van der Waals surface area contributed by atoms with Crippen LogP contribution in [0.15, 0.2) is 41.9 Å². The molecular weight excluding hydrogens is 278 g/mol. The third-order valence-electron chi connectivity index (χ3n) is 3.93. The minimum Gasteiger partial charge on any atom is -0.381 e. The van der Waals surface area contributed by atoms with Crippen molar-refractivity contribution in [2.75, 3.05) is 5.32 Å². The number of nitrogens with one attached hydrogen (secondary N) is 1. The molecule has 0 atom stereocenters. The average molecular weight is 297 g/mol. The van der Waals surface area contributed by atoms with E-state index in [1.165, 1.54) is 22.5 Å². The first-order chi connectivity index (χ1) is 10.1. The summed E-state index contributed by atoms with van der Waals surface area (Å²) in [5, 5.41) is 6.55. The number of hydrogen-bond acceptors (Lipinski definition) is 3. The predicted molar refractivity (Wildman–Crippen MR) is 89.8 cm³/mol. The lowest BCUT2D eigenvalue weighted by molar-refractivity contribution is 0.837. The van der Waals surface area contributed by atoms with Gasteiger partial charge in [0, 0.05) is 47.8 Å². The molecule has 0 aliphatic carbocycles. The predicted octanol–water partition coefficient (Wildman–Crippen LogP) is 4.38. The van der Waals surface area contributed by atoms with E-state index < -0.39 is 0 Å².